The Morgan fingerprint density at radius 1 is 1.50 bits per heavy atom. The van der Waals surface area contributed by atoms with Crippen molar-refractivity contribution in [3.63, 3.8) is 0 Å². The molecule has 0 aliphatic carbocycles. The number of sulfonamides is 1. The molecule has 1 N–H and O–H groups in total. The van der Waals surface area contributed by atoms with Gasteiger partial charge in [0.1, 0.15) is 4.90 Å². The van der Waals surface area contributed by atoms with Gasteiger partial charge < -0.3 is 9.84 Å². The normalized spacial score (nSPS) is 19.8. The Kier molecular flexibility index (Phi) is 4.05. The van der Waals surface area contributed by atoms with Crippen LogP contribution in [-0.2, 0) is 14.8 Å². The molecule has 20 heavy (non-hydrogen) atoms. The molecule has 1 unspecified atom stereocenters. The van der Waals surface area contributed by atoms with Crippen LogP contribution in [0.25, 0.3) is 0 Å². The van der Waals surface area contributed by atoms with Crippen LogP contribution < -0.4 is 4.74 Å². The van der Waals surface area contributed by atoms with Gasteiger partial charge in [-0.05, 0) is 6.07 Å². The molecule has 0 amide bonds. The van der Waals surface area contributed by atoms with Gasteiger partial charge in [0.05, 0.1) is 19.2 Å². The average Bonchev–Trinajstić information content (AvgIpc) is 2.47. The van der Waals surface area contributed by atoms with Gasteiger partial charge in [-0.25, -0.2) is 13.4 Å². The number of aliphatic carboxylic acids is 1. The van der Waals surface area contributed by atoms with Crippen molar-refractivity contribution in [1.82, 2.24) is 9.29 Å². The lowest BCUT2D eigenvalue weighted by molar-refractivity contribution is -0.140. The van der Waals surface area contributed by atoms with Crippen LogP contribution in [0.2, 0.25) is 0 Å². The number of methoxy groups -OCH3 is 1. The number of ether oxygens (including phenoxy) is 1. The summed E-state index contributed by atoms with van der Waals surface area (Å²) < 4.78 is 30.7. The van der Waals surface area contributed by atoms with Gasteiger partial charge in [-0.15, -0.1) is 0 Å². The first-order valence-corrected chi connectivity index (χ1v) is 7.29. The SMILES string of the molecule is COc1ccc(S(=O)(=O)N2CC=CC(C(=O)O)C2)cn1. The van der Waals surface area contributed by atoms with E-state index in [-0.39, 0.29) is 18.0 Å². The summed E-state index contributed by atoms with van der Waals surface area (Å²) in [6.07, 6.45) is 4.24. The van der Waals surface area contributed by atoms with Crippen molar-refractivity contribution in [2.75, 3.05) is 20.2 Å². The van der Waals surface area contributed by atoms with Crippen LogP contribution in [0.1, 0.15) is 0 Å². The smallest absolute Gasteiger partial charge is 0.311 e. The fourth-order valence-electron chi connectivity index (χ4n) is 1.84. The number of hydrogen-bond acceptors (Lipinski definition) is 5. The van der Waals surface area contributed by atoms with Crippen molar-refractivity contribution in [3.05, 3.63) is 30.5 Å². The highest BCUT2D eigenvalue weighted by Crippen LogP contribution is 2.21. The van der Waals surface area contributed by atoms with E-state index in [1.807, 2.05) is 0 Å². The van der Waals surface area contributed by atoms with Crippen LogP contribution in [0.15, 0.2) is 35.4 Å². The Bertz CT molecular complexity index is 624. The Morgan fingerprint density at radius 3 is 2.80 bits per heavy atom. The summed E-state index contributed by atoms with van der Waals surface area (Å²) in [5.74, 6) is -1.57. The highest BCUT2D eigenvalue weighted by molar-refractivity contribution is 7.89. The van der Waals surface area contributed by atoms with Crippen molar-refractivity contribution < 1.29 is 23.1 Å². The minimum Gasteiger partial charge on any atom is -0.481 e. The van der Waals surface area contributed by atoms with E-state index in [0.717, 1.165) is 4.31 Å². The molecule has 2 heterocycles. The number of nitrogens with zero attached hydrogens (tertiary/aromatic N) is 2. The predicted molar refractivity (Wildman–Crippen MR) is 69.8 cm³/mol. The molecule has 1 aliphatic rings. The van der Waals surface area contributed by atoms with Gasteiger partial charge in [-0.1, -0.05) is 12.2 Å². The van der Waals surface area contributed by atoms with E-state index in [4.69, 9.17) is 9.84 Å². The molecule has 0 saturated carbocycles. The van der Waals surface area contributed by atoms with E-state index in [1.54, 1.807) is 0 Å². The maximum Gasteiger partial charge on any atom is 0.311 e. The number of aromatic nitrogens is 1. The molecule has 0 saturated heterocycles. The lowest BCUT2D eigenvalue weighted by atomic mass is 10.1. The molecule has 8 heteroatoms. The minimum absolute atomic E-state index is 0.0118. The van der Waals surface area contributed by atoms with Crippen LogP contribution >= 0.6 is 0 Å². The van der Waals surface area contributed by atoms with Gasteiger partial charge in [0, 0.05) is 19.2 Å². The predicted octanol–water partition coefficient (Wildman–Crippen LogP) is 0.351. The second-order valence-corrected chi connectivity index (χ2v) is 6.17. The molecular weight excluding hydrogens is 284 g/mol. The van der Waals surface area contributed by atoms with Crippen molar-refractivity contribution in [2.24, 2.45) is 5.92 Å². The topological polar surface area (TPSA) is 96.8 Å². The molecule has 0 spiro atoms. The van der Waals surface area contributed by atoms with E-state index in [9.17, 15) is 13.2 Å². The number of carboxylic acids is 1. The third-order valence-corrected chi connectivity index (χ3v) is 4.77. The molecule has 0 fully saturated rings. The molecule has 2 rings (SSSR count). The highest BCUT2D eigenvalue weighted by atomic mass is 32.2. The number of carbonyl (C=O) groups is 1. The quantitative estimate of drug-likeness (QED) is 0.806. The monoisotopic (exact) mass is 298 g/mol. The maximum atomic E-state index is 12.4. The second-order valence-electron chi connectivity index (χ2n) is 4.23. The molecule has 0 radical (unpaired) electrons. The Balaban J connectivity index is 2.26. The van der Waals surface area contributed by atoms with E-state index >= 15 is 0 Å². The second kappa shape index (κ2) is 5.59. The average molecular weight is 298 g/mol. The Labute approximate surface area is 116 Å². The van der Waals surface area contributed by atoms with E-state index in [0.29, 0.717) is 5.88 Å². The lowest BCUT2D eigenvalue weighted by Gasteiger charge is -2.26. The molecule has 7 nitrogen and oxygen atoms in total. The summed E-state index contributed by atoms with van der Waals surface area (Å²) in [5, 5.41) is 8.96. The molecule has 1 aliphatic heterocycles. The molecule has 1 aromatic heterocycles. The molecular formula is C12H14N2O5S. The molecule has 0 aromatic carbocycles. The number of rotatable bonds is 4. The third-order valence-electron chi connectivity index (χ3n) is 2.95. The zero-order valence-electron chi connectivity index (χ0n) is 10.8. The summed E-state index contributed by atoms with van der Waals surface area (Å²) in [6, 6.07) is 2.83. The zero-order chi connectivity index (χ0) is 14.8. The summed E-state index contributed by atoms with van der Waals surface area (Å²) >= 11 is 0. The molecule has 0 bridgehead atoms. The Hall–Kier alpha value is -1.93. The van der Waals surface area contributed by atoms with Crippen molar-refractivity contribution in [2.45, 2.75) is 4.90 Å². The van der Waals surface area contributed by atoms with Gasteiger partial charge in [0.25, 0.3) is 0 Å². The van der Waals surface area contributed by atoms with Crippen LogP contribution in [0.5, 0.6) is 5.88 Å². The minimum atomic E-state index is -3.75. The van der Waals surface area contributed by atoms with E-state index < -0.39 is 21.9 Å². The van der Waals surface area contributed by atoms with Crippen molar-refractivity contribution in [1.29, 1.82) is 0 Å². The van der Waals surface area contributed by atoms with Crippen molar-refractivity contribution in [3.8, 4) is 5.88 Å². The zero-order valence-corrected chi connectivity index (χ0v) is 11.6. The number of pyridine rings is 1. The fraction of sp³-hybridized carbons (Fsp3) is 0.333. The van der Waals surface area contributed by atoms with Crippen LogP contribution in [0.4, 0.5) is 0 Å². The van der Waals surface area contributed by atoms with Gasteiger partial charge in [-0.3, -0.25) is 4.79 Å². The maximum absolute atomic E-state index is 12.4. The number of carboxylic acid groups (broad SMARTS) is 1. The van der Waals surface area contributed by atoms with E-state index in [2.05, 4.69) is 4.98 Å². The highest BCUT2D eigenvalue weighted by Gasteiger charge is 2.30. The van der Waals surface area contributed by atoms with Gasteiger partial charge >= 0.3 is 5.97 Å². The largest absolute Gasteiger partial charge is 0.481 e. The van der Waals surface area contributed by atoms with Crippen LogP contribution in [0.3, 0.4) is 0 Å². The number of hydrogen-bond donors (Lipinski definition) is 1. The van der Waals surface area contributed by atoms with Crippen molar-refractivity contribution >= 4 is 16.0 Å². The van der Waals surface area contributed by atoms with E-state index in [1.165, 1.54) is 37.6 Å². The van der Waals surface area contributed by atoms with Gasteiger partial charge in [0.15, 0.2) is 0 Å². The van der Waals surface area contributed by atoms with Gasteiger partial charge in [0.2, 0.25) is 15.9 Å². The fourth-order valence-corrected chi connectivity index (χ4v) is 3.21. The van der Waals surface area contributed by atoms with Crippen LogP contribution in [-0.4, -0.2) is 49.0 Å². The summed E-state index contributed by atoms with van der Waals surface area (Å²) in [6.45, 7) is 0.0678. The third kappa shape index (κ3) is 2.81. The molecule has 108 valence electrons. The van der Waals surface area contributed by atoms with Gasteiger partial charge in [-0.2, -0.15) is 4.31 Å². The Morgan fingerprint density at radius 2 is 2.25 bits per heavy atom. The lowest BCUT2D eigenvalue weighted by Crippen LogP contribution is -2.39. The van der Waals surface area contributed by atoms with Crippen LogP contribution in [0, 0.1) is 5.92 Å². The summed E-state index contributed by atoms with van der Waals surface area (Å²) in [5.41, 5.74) is 0. The first kappa shape index (κ1) is 14.5. The first-order chi connectivity index (χ1) is 9.45. The molecule has 1 atom stereocenters. The standard InChI is InChI=1S/C12H14N2O5S/c1-19-11-5-4-10(7-13-11)20(17,18)14-6-2-3-9(8-14)12(15)16/h2-5,7,9H,6,8H2,1H3,(H,15,16). The first-order valence-electron chi connectivity index (χ1n) is 5.85. The molecule has 1 aromatic rings. The summed E-state index contributed by atoms with van der Waals surface area (Å²) in [7, 11) is -2.32. The summed E-state index contributed by atoms with van der Waals surface area (Å²) in [4.78, 5) is 14.8.